The van der Waals surface area contributed by atoms with Gasteiger partial charge >= 0.3 is 12.0 Å². The summed E-state index contributed by atoms with van der Waals surface area (Å²) in [4.78, 5) is 38.8. The third-order valence-corrected chi connectivity index (χ3v) is 4.56. The SMILES string of the molecule is NC(=O)N1CCCN(C(=O)C2=NN(c3ccccc3)C(C(=O)O)C2)CC1. The Morgan fingerprint density at radius 1 is 1.04 bits per heavy atom. The number of hydrogen-bond acceptors (Lipinski definition) is 5. The Balaban J connectivity index is 1.76. The van der Waals surface area contributed by atoms with Gasteiger partial charge < -0.3 is 20.6 Å². The van der Waals surface area contributed by atoms with Crippen molar-refractivity contribution in [3.8, 4) is 0 Å². The fourth-order valence-corrected chi connectivity index (χ4v) is 3.17. The highest BCUT2D eigenvalue weighted by Crippen LogP contribution is 2.25. The number of para-hydroxylation sites is 1. The molecule has 1 saturated heterocycles. The molecule has 1 unspecified atom stereocenters. The van der Waals surface area contributed by atoms with Crippen LogP contribution in [-0.2, 0) is 9.59 Å². The van der Waals surface area contributed by atoms with Crippen molar-refractivity contribution in [2.75, 3.05) is 31.2 Å². The summed E-state index contributed by atoms with van der Waals surface area (Å²) in [5.74, 6) is -1.32. The molecule has 138 valence electrons. The van der Waals surface area contributed by atoms with Gasteiger partial charge in [-0.25, -0.2) is 9.59 Å². The molecule has 1 aromatic carbocycles. The van der Waals surface area contributed by atoms with Gasteiger partial charge in [-0.05, 0) is 18.6 Å². The number of primary amides is 1. The van der Waals surface area contributed by atoms with Crippen molar-refractivity contribution < 1.29 is 19.5 Å². The first-order valence-electron chi connectivity index (χ1n) is 8.45. The van der Waals surface area contributed by atoms with Crippen LogP contribution in [0.15, 0.2) is 35.4 Å². The highest BCUT2D eigenvalue weighted by Gasteiger charge is 2.37. The van der Waals surface area contributed by atoms with Gasteiger partial charge in [0.2, 0.25) is 0 Å². The van der Waals surface area contributed by atoms with Crippen molar-refractivity contribution in [2.45, 2.75) is 18.9 Å². The first-order chi connectivity index (χ1) is 12.5. The van der Waals surface area contributed by atoms with E-state index in [2.05, 4.69) is 5.10 Å². The van der Waals surface area contributed by atoms with E-state index in [-0.39, 0.29) is 18.0 Å². The molecule has 1 aromatic rings. The molecule has 0 bridgehead atoms. The summed E-state index contributed by atoms with van der Waals surface area (Å²) in [5.41, 5.74) is 6.14. The van der Waals surface area contributed by atoms with Crippen LogP contribution in [0.25, 0.3) is 0 Å². The number of amides is 3. The van der Waals surface area contributed by atoms with Gasteiger partial charge in [-0.15, -0.1) is 0 Å². The van der Waals surface area contributed by atoms with Gasteiger partial charge in [-0.1, -0.05) is 18.2 Å². The molecule has 9 nitrogen and oxygen atoms in total. The fraction of sp³-hybridized carbons (Fsp3) is 0.412. The van der Waals surface area contributed by atoms with E-state index in [0.29, 0.717) is 38.3 Å². The largest absolute Gasteiger partial charge is 0.480 e. The third-order valence-electron chi connectivity index (χ3n) is 4.56. The van der Waals surface area contributed by atoms with Crippen LogP contribution in [0, 0.1) is 0 Å². The van der Waals surface area contributed by atoms with E-state index in [1.165, 1.54) is 9.91 Å². The number of benzene rings is 1. The molecular formula is C17H21N5O4. The van der Waals surface area contributed by atoms with Crippen molar-refractivity contribution in [2.24, 2.45) is 10.8 Å². The molecule has 0 saturated carbocycles. The van der Waals surface area contributed by atoms with Crippen LogP contribution in [0.3, 0.4) is 0 Å². The molecule has 2 heterocycles. The molecule has 3 rings (SSSR count). The monoisotopic (exact) mass is 359 g/mol. The van der Waals surface area contributed by atoms with E-state index < -0.39 is 18.0 Å². The minimum absolute atomic E-state index is 0.0408. The number of carboxylic acid groups (broad SMARTS) is 1. The molecule has 0 aromatic heterocycles. The van der Waals surface area contributed by atoms with Crippen molar-refractivity contribution in [1.82, 2.24) is 9.80 Å². The third kappa shape index (κ3) is 3.61. The summed E-state index contributed by atoms with van der Waals surface area (Å²) in [7, 11) is 0. The molecule has 0 radical (unpaired) electrons. The zero-order chi connectivity index (χ0) is 18.7. The number of hydrazone groups is 1. The van der Waals surface area contributed by atoms with E-state index in [0.717, 1.165) is 0 Å². The number of nitrogens with two attached hydrogens (primary N) is 1. The highest BCUT2D eigenvalue weighted by molar-refractivity contribution is 6.40. The summed E-state index contributed by atoms with van der Waals surface area (Å²) in [5, 5.41) is 15.2. The van der Waals surface area contributed by atoms with Crippen LogP contribution >= 0.6 is 0 Å². The quantitative estimate of drug-likeness (QED) is 0.805. The van der Waals surface area contributed by atoms with Gasteiger partial charge in [0, 0.05) is 32.6 Å². The van der Waals surface area contributed by atoms with Gasteiger partial charge in [0.25, 0.3) is 5.91 Å². The zero-order valence-electron chi connectivity index (χ0n) is 14.2. The van der Waals surface area contributed by atoms with Crippen LogP contribution < -0.4 is 10.7 Å². The number of aliphatic carboxylic acids is 1. The molecular weight excluding hydrogens is 338 g/mol. The molecule has 0 spiro atoms. The maximum Gasteiger partial charge on any atom is 0.328 e. The predicted octanol–water partition coefficient (Wildman–Crippen LogP) is 0.319. The summed E-state index contributed by atoms with van der Waals surface area (Å²) in [6.45, 7) is 1.69. The lowest BCUT2D eigenvalue weighted by molar-refractivity contribution is -0.138. The maximum absolute atomic E-state index is 12.8. The summed E-state index contributed by atoms with van der Waals surface area (Å²) in [6.07, 6.45) is 0.659. The number of anilines is 1. The van der Waals surface area contributed by atoms with E-state index >= 15 is 0 Å². The molecule has 1 fully saturated rings. The van der Waals surface area contributed by atoms with Gasteiger partial charge in [-0.2, -0.15) is 5.10 Å². The number of rotatable bonds is 3. The molecule has 26 heavy (non-hydrogen) atoms. The average Bonchev–Trinajstić information content (AvgIpc) is 2.93. The Morgan fingerprint density at radius 2 is 1.69 bits per heavy atom. The topological polar surface area (TPSA) is 120 Å². The predicted molar refractivity (Wildman–Crippen MR) is 94.8 cm³/mol. The highest BCUT2D eigenvalue weighted by atomic mass is 16.4. The minimum Gasteiger partial charge on any atom is -0.480 e. The number of urea groups is 1. The Bertz CT molecular complexity index is 736. The minimum atomic E-state index is -1.03. The zero-order valence-corrected chi connectivity index (χ0v) is 14.2. The Kier molecular flexibility index (Phi) is 5.06. The molecule has 3 amide bonds. The number of hydrogen-bond donors (Lipinski definition) is 2. The Labute approximate surface area is 150 Å². The van der Waals surface area contributed by atoms with Gasteiger partial charge in [0.05, 0.1) is 5.69 Å². The smallest absolute Gasteiger partial charge is 0.328 e. The average molecular weight is 359 g/mol. The van der Waals surface area contributed by atoms with Crippen molar-refractivity contribution in [1.29, 1.82) is 0 Å². The van der Waals surface area contributed by atoms with Gasteiger partial charge in [0.15, 0.2) is 6.04 Å². The number of carbonyl (C=O) groups is 3. The van der Waals surface area contributed by atoms with Crippen LogP contribution in [0.2, 0.25) is 0 Å². The summed E-state index contributed by atoms with van der Waals surface area (Å²) >= 11 is 0. The van der Waals surface area contributed by atoms with Crippen LogP contribution in [0.1, 0.15) is 12.8 Å². The molecule has 2 aliphatic rings. The lowest BCUT2D eigenvalue weighted by atomic mass is 10.1. The van der Waals surface area contributed by atoms with Crippen molar-refractivity contribution >= 4 is 29.3 Å². The number of nitrogens with zero attached hydrogens (tertiary/aromatic N) is 4. The van der Waals surface area contributed by atoms with Gasteiger partial charge in [-0.3, -0.25) is 9.80 Å². The van der Waals surface area contributed by atoms with E-state index in [1.807, 2.05) is 6.07 Å². The maximum atomic E-state index is 12.8. The first-order valence-corrected chi connectivity index (χ1v) is 8.45. The lowest BCUT2D eigenvalue weighted by Crippen LogP contribution is -2.41. The number of carboxylic acids is 1. The van der Waals surface area contributed by atoms with Crippen molar-refractivity contribution in [3.63, 3.8) is 0 Å². The van der Waals surface area contributed by atoms with E-state index in [9.17, 15) is 19.5 Å². The molecule has 0 aliphatic carbocycles. The van der Waals surface area contributed by atoms with E-state index in [1.54, 1.807) is 29.2 Å². The Morgan fingerprint density at radius 3 is 2.35 bits per heavy atom. The summed E-state index contributed by atoms with van der Waals surface area (Å²) < 4.78 is 0. The normalized spacial score (nSPS) is 20.5. The number of carbonyl (C=O) groups excluding carboxylic acids is 2. The summed E-state index contributed by atoms with van der Waals surface area (Å²) in [6, 6.07) is 7.50. The Hall–Kier alpha value is -3.10. The van der Waals surface area contributed by atoms with Crippen LogP contribution in [0.5, 0.6) is 0 Å². The fourth-order valence-electron chi connectivity index (χ4n) is 3.17. The second-order valence-electron chi connectivity index (χ2n) is 6.26. The second-order valence-corrected chi connectivity index (χ2v) is 6.26. The molecule has 3 N–H and O–H groups in total. The van der Waals surface area contributed by atoms with E-state index in [4.69, 9.17) is 5.73 Å². The molecule has 1 atom stereocenters. The van der Waals surface area contributed by atoms with Crippen LogP contribution in [0.4, 0.5) is 10.5 Å². The molecule has 9 heteroatoms. The first kappa shape index (κ1) is 17.7. The standard InChI is InChI=1S/C17H21N5O4/c18-17(26)21-8-4-7-20(9-10-21)15(23)13-11-14(16(24)25)22(19-13)12-5-2-1-3-6-12/h1-3,5-6,14H,4,7-11H2,(H2,18,26)(H,24,25). The second kappa shape index (κ2) is 7.42. The van der Waals surface area contributed by atoms with Crippen LogP contribution in [-0.4, -0.2) is 70.7 Å². The van der Waals surface area contributed by atoms with Gasteiger partial charge in [0.1, 0.15) is 5.71 Å². The molecule has 2 aliphatic heterocycles. The van der Waals surface area contributed by atoms with Crippen molar-refractivity contribution in [3.05, 3.63) is 30.3 Å². The lowest BCUT2D eigenvalue weighted by Gasteiger charge is -2.20.